The van der Waals surface area contributed by atoms with Crippen LogP contribution < -0.4 is 11.1 Å². The number of primary amides is 1. The Morgan fingerprint density at radius 2 is 1.95 bits per heavy atom. The molecule has 3 aliphatic heterocycles. The molecule has 3 N–H and O–H groups in total. The van der Waals surface area contributed by atoms with Crippen molar-refractivity contribution in [2.45, 2.75) is 55.2 Å². The molecule has 2 bridgehead atoms. The van der Waals surface area contributed by atoms with E-state index in [1.165, 1.54) is 17.0 Å². The Morgan fingerprint density at radius 3 is 2.59 bits per heavy atom. The third kappa shape index (κ3) is 4.47. The third-order valence-electron chi connectivity index (χ3n) is 7.85. The van der Waals surface area contributed by atoms with Gasteiger partial charge in [0.25, 0.3) is 0 Å². The molecule has 2 aromatic rings. The fourth-order valence-corrected chi connectivity index (χ4v) is 7.67. The number of rotatable bonds is 7. The highest BCUT2D eigenvalue weighted by Crippen LogP contribution is 2.35. The number of nitrogens with two attached hydrogens (primary N) is 1. The molecule has 0 unspecified atom stereocenters. The number of hydrogen-bond donors (Lipinski definition) is 2. The van der Waals surface area contributed by atoms with Gasteiger partial charge in [0, 0.05) is 30.7 Å². The van der Waals surface area contributed by atoms with E-state index in [9.17, 15) is 22.8 Å². The van der Waals surface area contributed by atoms with Crippen LogP contribution in [0.2, 0.25) is 5.02 Å². The van der Waals surface area contributed by atoms with Crippen molar-refractivity contribution in [3.05, 3.63) is 41.4 Å². The summed E-state index contributed by atoms with van der Waals surface area (Å²) >= 11 is 6.04. The van der Waals surface area contributed by atoms with Gasteiger partial charge < -0.3 is 20.9 Å². The first-order chi connectivity index (χ1) is 17.4. The normalized spacial score (nSPS) is 26.4. The van der Waals surface area contributed by atoms with Crippen LogP contribution >= 0.6 is 11.6 Å². The molecule has 3 saturated heterocycles. The summed E-state index contributed by atoms with van der Waals surface area (Å²) in [7, 11) is -4.27. The number of sulfonamides is 1. The predicted molar refractivity (Wildman–Crippen MR) is 138 cm³/mol. The van der Waals surface area contributed by atoms with Gasteiger partial charge in [0.2, 0.25) is 27.7 Å². The van der Waals surface area contributed by atoms with Crippen LogP contribution in [-0.2, 0) is 24.4 Å². The lowest BCUT2D eigenvalue weighted by molar-refractivity contribution is -0.146. The number of fused-ring (bicyclic) bond motifs is 3. The lowest BCUT2D eigenvalue weighted by Gasteiger charge is -2.39. The number of piperazine rings is 1. The van der Waals surface area contributed by atoms with E-state index in [-0.39, 0.29) is 35.3 Å². The summed E-state index contributed by atoms with van der Waals surface area (Å²) in [6.07, 6.45) is 1.01. The maximum absolute atomic E-state index is 13.7. The van der Waals surface area contributed by atoms with E-state index in [0.29, 0.717) is 23.5 Å². The molecular weight excluding hydrogens is 518 g/mol. The van der Waals surface area contributed by atoms with E-state index in [1.807, 2.05) is 11.8 Å². The second-order valence-electron chi connectivity index (χ2n) is 10.4. The number of likely N-dealkylation sites (tertiary alicyclic amines) is 2. The van der Waals surface area contributed by atoms with Gasteiger partial charge >= 0.3 is 0 Å². The Morgan fingerprint density at radius 1 is 1.24 bits per heavy atom. The van der Waals surface area contributed by atoms with Gasteiger partial charge in [-0.1, -0.05) is 23.7 Å². The molecule has 0 aliphatic carbocycles. The third-order valence-corrected chi connectivity index (χ3v) is 9.94. The zero-order chi connectivity index (χ0) is 26.7. The maximum atomic E-state index is 13.7. The van der Waals surface area contributed by atoms with Gasteiger partial charge in [-0.2, -0.15) is 4.31 Å². The van der Waals surface area contributed by atoms with Crippen molar-refractivity contribution in [3.63, 3.8) is 0 Å². The summed E-state index contributed by atoms with van der Waals surface area (Å²) < 4.78 is 28.3. The highest BCUT2D eigenvalue weighted by molar-refractivity contribution is 7.89. The SMILES string of the molecule is C[C@@H](C(=O)N1C[C@@H]2C[C@@]1(C)CN2)N1CC[C@H](N(CC(N)=O)S(=O)(=O)c2ccc3cc(Cl)ccc3c2)C1=O. The van der Waals surface area contributed by atoms with Gasteiger partial charge in [-0.25, -0.2) is 8.42 Å². The smallest absolute Gasteiger partial charge is 0.245 e. The maximum Gasteiger partial charge on any atom is 0.245 e. The van der Waals surface area contributed by atoms with Crippen LogP contribution in [0.1, 0.15) is 26.7 Å². The number of carbonyl (C=O) groups excluding carboxylic acids is 3. The molecule has 0 saturated carbocycles. The first-order valence-electron chi connectivity index (χ1n) is 12.3. The van der Waals surface area contributed by atoms with Gasteiger partial charge in [-0.05, 0) is 61.7 Å². The van der Waals surface area contributed by atoms with Gasteiger partial charge in [-0.15, -0.1) is 0 Å². The molecule has 0 aromatic heterocycles. The van der Waals surface area contributed by atoms with Crippen LogP contribution in [0.25, 0.3) is 10.8 Å². The summed E-state index contributed by atoms with van der Waals surface area (Å²) in [5.41, 5.74) is 5.12. The minimum absolute atomic E-state index is 0.0625. The number of amides is 3. The molecule has 3 amide bonds. The number of nitrogens with one attached hydrogen (secondary N) is 1. The van der Waals surface area contributed by atoms with E-state index in [0.717, 1.165) is 16.1 Å². The summed E-state index contributed by atoms with van der Waals surface area (Å²) in [5.74, 6) is -1.54. The van der Waals surface area contributed by atoms with Gasteiger partial charge in [-0.3, -0.25) is 14.4 Å². The topological polar surface area (TPSA) is 133 Å². The van der Waals surface area contributed by atoms with Crippen LogP contribution in [0.5, 0.6) is 0 Å². The Balaban J connectivity index is 1.40. The van der Waals surface area contributed by atoms with E-state index in [1.54, 1.807) is 31.2 Å². The standard InChI is InChI=1S/C25H30ClN5O5S/c1-15(23(33)30-12-19-11-25(30,2)14-28-19)29-8-7-21(24(29)34)31(13-22(27)32)37(35,36)20-6-4-16-9-18(26)5-3-17(16)10-20/h3-6,9-10,15,19,21,28H,7-8,11-14H2,1-2H3,(H2,27,32)/t15-,19-,21-,25-/m0/s1. The van der Waals surface area contributed by atoms with Gasteiger partial charge in [0.1, 0.15) is 12.1 Å². The summed E-state index contributed by atoms with van der Waals surface area (Å²) in [4.78, 5) is 42.0. The zero-order valence-electron chi connectivity index (χ0n) is 20.7. The van der Waals surface area contributed by atoms with Crippen molar-refractivity contribution in [3.8, 4) is 0 Å². The fourth-order valence-electron chi connectivity index (χ4n) is 5.87. The summed E-state index contributed by atoms with van der Waals surface area (Å²) in [6.45, 7) is 4.54. The van der Waals surface area contributed by atoms with Crippen LogP contribution in [0.3, 0.4) is 0 Å². The second-order valence-corrected chi connectivity index (χ2v) is 12.7. The minimum atomic E-state index is -4.27. The fraction of sp³-hybridized carbons (Fsp3) is 0.480. The second kappa shape index (κ2) is 9.23. The molecule has 37 heavy (non-hydrogen) atoms. The van der Waals surface area contributed by atoms with E-state index < -0.39 is 40.5 Å². The van der Waals surface area contributed by atoms with Gasteiger partial charge in [0.15, 0.2) is 0 Å². The first kappa shape index (κ1) is 25.9. The largest absolute Gasteiger partial charge is 0.369 e. The molecule has 5 rings (SSSR count). The molecule has 0 radical (unpaired) electrons. The molecule has 4 atom stereocenters. The van der Waals surface area contributed by atoms with Crippen molar-refractivity contribution < 1.29 is 22.8 Å². The average Bonchev–Trinajstić information content (AvgIpc) is 3.52. The Labute approximate surface area is 220 Å². The van der Waals surface area contributed by atoms with Crippen LogP contribution in [0.4, 0.5) is 0 Å². The highest BCUT2D eigenvalue weighted by atomic mass is 35.5. The number of benzene rings is 2. The van der Waals surface area contributed by atoms with E-state index >= 15 is 0 Å². The molecule has 2 aromatic carbocycles. The lowest BCUT2D eigenvalue weighted by atomic mass is 10.0. The number of halogens is 1. The number of nitrogens with zero attached hydrogens (tertiary/aromatic N) is 3. The summed E-state index contributed by atoms with van der Waals surface area (Å²) in [6, 6.07) is 7.95. The highest BCUT2D eigenvalue weighted by Gasteiger charge is 2.52. The molecule has 0 spiro atoms. The van der Waals surface area contributed by atoms with Crippen molar-refractivity contribution in [1.29, 1.82) is 0 Å². The van der Waals surface area contributed by atoms with Crippen molar-refractivity contribution in [2.24, 2.45) is 5.73 Å². The molecule has 3 heterocycles. The van der Waals surface area contributed by atoms with E-state index in [2.05, 4.69) is 5.32 Å². The first-order valence-corrected chi connectivity index (χ1v) is 14.1. The van der Waals surface area contributed by atoms with Crippen LogP contribution in [0, 0.1) is 0 Å². The molecule has 3 fully saturated rings. The molecule has 3 aliphatic rings. The van der Waals surface area contributed by atoms with Crippen molar-refractivity contribution in [2.75, 3.05) is 26.2 Å². The van der Waals surface area contributed by atoms with Crippen LogP contribution in [0.15, 0.2) is 41.3 Å². The number of carbonyl (C=O) groups is 3. The zero-order valence-corrected chi connectivity index (χ0v) is 22.3. The van der Waals surface area contributed by atoms with Crippen LogP contribution in [-0.4, -0.2) is 90.1 Å². The Kier molecular flexibility index (Phi) is 6.46. The summed E-state index contributed by atoms with van der Waals surface area (Å²) in [5, 5.41) is 5.30. The molecular formula is C25H30ClN5O5S. The van der Waals surface area contributed by atoms with E-state index in [4.69, 9.17) is 17.3 Å². The lowest BCUT2D eigenvalue weighted by Crippen LogP contribution is -2.59. The predicted octanol–water partition coefficient (Wildman–Crippen LogP) is 0.921. The minimum Gasteiger partial charge on any atom is -0.369 e. The Bertz CT molecular complexity index is 1400. The van der Waals surface area contributed by atoms with Gasteiger partial charge in [0.05, 0.1) is 17.0 Å². The molecule has 198 valence electrons. The van der Waals surface area contributed by atoms with Crippen molar-refractivity contribution >= 4 is 50.1 Å². The molecule has 12 heteroatoms. The Hall–Kier alpha value is -2.73. The monoisotopic (exact) mass is 547 g/mol. The average molecular weight is 548 g/mol. The quantitative estimate of drug-likeness (QED) is 0.529. The number of hydrogen-bond acceptors (Lipinski definition) is 6. The van der Waals surface area contributed by atoms with Crippen molar-refractivity contribution in [1.82, 2.24) is 19.4 Å². The molecule has 10 nitrogen and oxygen atoms in total.